The monoisotopic (exact) mass is 222 g/mol. The van der Waals surface area contributed by atoms with E-state index >= 15 is 0 Å². The normalized spacial score (nSPS) is 10.2. The number of nitrogens with zero attached hydrogens (tertiary/aromatic N) is 1. The summed E-state index contributed by atoms with van der Waals surface area (Å²) in [6, 6.07) is 8.41. The molecule has 1 aromatic carbocycles. The van der Waals surface area contributed by atoms with E-state index in [2.05, 4.69) is 34.5 Å². The van der Waals surface area contributed by atoms with Crippen LogP contribution in [0.15, 0.2) is 24.3 Å². The van der Waals surface area contributed by atoms with Gasteiger partial charge in [0.15, 0.2) is 0 Å². The topological polar surface area (TPSA) is 35.5 Å². The molecule has 0 amide bonds. The SMILES string of the molecule is CN(C)c1ccc(NCCCCCO)cc1. The smallest absolute Gasteiger partial charge is 0.0431 e. The molecule has 0 aromatic heterocycles. The number of nitrogens with one attached hydrogen (secondary N) is 1. The Morgan fingerprint density at radius 1 is 1.06 bits per heavy atom. The molecule has 16 heavy (non-hydrogen) atoms. The minimum absolute atomic E-state index is 0.303. The van der Waals surface area contributed by atoms with Crippen molar-refractivity contribution in [2.45, 2.75) is 19.3 Å². The van der Waals surface area contributed by atoms with Gasteiger partial charge in [-0.3, -0.25) is 0 Å². The molecule has 1 aromatic rings. The molecule has 0 aliphatic rings. The van der Waals surface area contributed by atoms with Gasteiger partial charge in [-0.2, -0.15) is 0 Å². The first-order chi connectivity index (χ1) is 7.74. The van der Waals surface area contributed by atoms with Crippen LogP contribution in [-0.4, -0.2) is 32.4 Å². The van der Waals surface area contributed by atoms with Crippen molar-refractivity contribution < 1.29 is 5.11 Å². The van der Waals surface area contributed by atoms with Crippen molar-refractivity contribution in [1.29, 1.82) is 0 Å². The molecule has 0 aliphatic heterocycles. The molecule has 3 nitrogen and oxygen atoms in total. The predicted molar refractivity (Wildman–Crippen MR) is 70.2 cm³/mol. The molecule has 0 unspecified atom stereocenters. The van der Waals surface area contributed by atoms with Crippen molar-refractivity contribution in [3.05, 3.63) is 24.3 Å². The molecule has 0 saturated heterocycles. The molecule has 0 aliphatic carbocycles. The van der Waals surface area contributed by atoms with E-state index in [0.717, 1.165) is 31.5 Å². The second-order valence-electron chi connectivity index (χ2n) is 4.15. The summed E-state index contributed by atoms with van der Waals surface area (Å²) in [5, 5.41) is 12.0. The highest BCUT2D eigenvalue weighted by molar-refractivity contribution is 5.54. The fourth-order valence-corrected chi connectivity index (χ4v) is 1.52. The van der Waals surface area contributed by atoms with E-state index in [1.807, 2.05) is 14.1 Å². The third-order valence-corrected chi connectivity index (χ3v) is 2.55. The van der Waals surface area contributed by atoms with Crippen molar-refractivity contribution >= 4 is 11.4 Å². The van der Waals surface area contributed by atoms with Crippen molar-refractivity contribution in [1.82, 2.24) is 0 Å². The third kappa shape index (κ3) is 4.53. The van der Waals surface area contributed by atoms with Crippen LogP contribution in [0.4, 0.5) is 11.4 Å². The number of benzene rings is 1. The molecule has 0 heterocycles. The van der Waals surface area contributed by atoms with Crippen LogP contribution in [0.1, 0.15) is 19.3 Å². The number of aliphatic hydroxyl groups excluding tert-OH is 1. The second-order valence-corrected chi connectivity index (χ2v) is 4.15. The molecule has 1 rings (SSSR count). The number of rotatable bonds is 7. The van der Waals surface area contributed by atoms with Crippen LogP contribution in [0.2, 0.25) is 0 Å². The number of aliphatic hydroxyl groups is 1. The summed E-state index contributed by atoms with van der Waals surface area (Å²) in [4.78, 5) is 2.09. The van der Waals surface area contributed by atoms with Crippen LogP contribution in [0.25, 0.3) is 0 Å². The molecule has 90 valence electrons. The van der Waals surface area contributed by atoms with E-state index in [4.69, 9.17) is 5.11 Å². The van der Waals surface area contributed by atoms with Crippen LogP contribution in [0.5, 0.6) is 0 Å². The molecule has 0 saturated carbocycles. The lowest BCUT2D eigenvalue weighted by Crippen LogP contribution is -2.08. The number of unbranched alkanes of at least 4 members (excludes halogenated alkanes) is 2. The van der Waals surface area contributed by atoms with Gasteiger partial charge in [-0.1, -0.05) is 0 Å². The van der Waals surface area contributed by atoms with Crippen molar-refractivity contribution in [3.63, 3.8) is 0 Å². The lowest BCUT2D eigenvalue weighted by atomic mass is 10.2. The minimum atomic E-state index is 0.303. The van der Waals surface area contributed by atoms with E-state index in [9.17, 15) is 0 Å². The van der Waals surface area contributed by atoms with E-state index in [1.165, 1.54) is 5.69 Å². The Kier molecular flexibility index (Phi) is 5.72. The Labute approximate surface area is 98.1 Å². The molecule has 3 heteroatoms. The van der Waals surface area contributed by atoms with Gasteiger partial charge in [0.05, 0.1) is 0 Å². The fourth-order valence-electron chi connectivity index (χ4n) is 1.52. The summed E-state index contributed by atoms with van der Waals surface area (Å²) in [6.45, 7) is 1.28. The lowest BCUT2D eigenvalue weighted by molar-refractivity contribution is 0.283. The average Bonchev–Trinajstić information content (AvgIpc) is 2.29. The maximum absolute atomic E-state index is 8.64. The summed E-state index contributed by atoms with van der Waals surface area (Å²) in [6.07, 6.45) is 3.09. The maximum atomic E-state index is 8.64. The summed E-state index contributed by atoms with van der Waals surface area (Å²) >= 11 is 0. The van der Waals surface area contributed by atoms with Gasteiger partial charge < -0.3 is 15.3 Å². The minimum Gasteiger partial charge on any atom is -0.396 e. The highest BCUT2D eigenvalue weighted by Gasteiger charge is 1.95. The summed E-state index contributed by atoms with van der Waals surface area (Å²) in [5.41, 5.74) is 2.38. The van der Waals surface area contributed by atoms with Crippen molar-refractivity contribution in [2.24, 2.45) is 0 Å². The Hall–Kier alpha value is -1.22. The Morgan fingerprint density at radius 2 is 1.75 bits per heavy atom. The Balaban J connectivity index is 2.27. The van der Waals surface area contributed by atoms with Crippen LogP contribution in [0.3, 0.4) is 0 Å². The highest BCUT2D eigenvalue weighted by Crippen LogP contribution is 2.15. The van der Waals surface area contributed by atoms with Gasteiger partial charge in [0.25, 0.3) is 0 Å². The van der Waals surface area contributed by atoms with Crippen LogP contribution in [0, 0.1) is 0 Å². The fraction of sp³-hybridized carbons (Fsp3) is 0.538. The van der Waals surface area contributed by atoms with Crippen LogP contribution >= 0.6 is 0 Å². The standard InChI is InChI=1S/C13H22N2O/c1-15(2)13-8-6-12(7-9-13)14-10-4-3-5-11-16/h6-9,14,16H,3-5,10-11H2,1-2H3. The first-order valence-corrected chi connectivity index (χ1v) is 5.86. The zero-order valence-electron chi connectivity index (χ0n) is 10.2. The molecule has 0 radical (unpaired) electrons. The number of anilines is 2. The van der Waals surface area contributed by atoms with Gasteiger partial charge in [0.1, 0.15) is 0 Å². The molecule has 2 N–H and O–H groups in total. The average molecular weight is 222 g/mol. The highest BCUT2D eigenvalue weighted by atomic mass is 16.2. The molecule has 0 atom stereocenters. The molecular weight excluding hydrogens is 200 g/mol. The van der Waals surface area contributed by atoms with Crippen molar-refractivity contribution in [3.8, 4) is 0 Å². The summed E-state index contributed by atoms with van der Waals surface area (Å²) in [5.74, 6) is 0. The lowest BCUT2D eigenvalue weighted by Gasteiger charge is -2.13. The summed E-state index contributed by atoms with van der Waals surface area (Å²) < 4.78 is 0. The molecule has 0 fully saturated rings. The Morgan fingerprint density at radius 3 is 2.31 bits per heavy atom. The zero-order valence-corrected chi connectivity index (χ0v) is 10.2. The van der Waals surface area contributed by atoms with E-state index < -0.39 is 0 Å². The maximum Gasteiger partial charge on any atom is 0.0431 e. The third-order valence-electron chi connectivity index (χ3n) is 2.55. The largest absolute Gasteiger partial charge is 0.396 e. The van der Waals surface area contributed by atoms with Gasteiger partial charge in [0.2, 0.25) is 0 Å². The van der Waals surface area contributed by atoms with E-state index in [-0.39, 0.29) is 0 Å². The number of hydrogen-bond acceptors (Lipinski definition) is 3. The number of hydrogen-bond donors (Lipinski definition) is 2. The van der Waals surface area contributed by atoms with Gasteiger partial charge in [-0.05, 0) is 43.5 Å². The van der Waals surface area contributed by atoms with Crippen LogP contribution in [-0.2, 0) is 0 Å². The Bertz CT molecular complexity index is 282. The molecule has 0 spiro atoms. The molecular formula is C13H22N2O. The molecule has 0 bridgehead atoms. The second kappa shape index (κ2) is 7.12. The van der Waals surface area contributed by atoms with E-state index in [0.29, 0.717) is 6.61 Å². The van der Waals surface area contributed by atoms with Gasteiger partial charge in [0, 0.05) is 38.6 Å². The first kappa shape index (κ1) is 12.8. The van der Waals surface area contributed by atoms with Gasteiger partial charge in [-0.15, -0.1) is 0 Å². The van der Waals surface area contributed by atoms with Gasteiger partial charge >= 0.3 is 0 Å². The van der Waals surface area contributed by atoms with E-state index in [1.54, 1.807) is 0 Å². The quantitative estimate of drug-likeness (QED) is 0.695. The van der Waals surface area contributed by atoms with Crippen LogP contribution < -0.4 is 10.2 Å². The predicted octanol–water partition coefficient (Wildman–Crippen LogP) is 2.33. The first-order valence-electron chi connectivity index (χ1n) is 5.86. The van der Waals surface area contributed by atoms with Crippen molar-refractivity contribution in [2.75, 3.05) is 37.5 Å². The van der Waals surface area contributed by atoms with Gasteiger partial charge in [-0.25, -0.2) is 0 Å². The zero-order chi connectivity index (χ0) is 11.8. The summed E-state index contributed by atoms with van der Waals surface area (Å²) in [7, 11) is 4.08.